The number of carbonyl (C=O) groups is 2. The summed E-state index contributed by atoms with van der Waals surface area (Å²) in [4.78, 5) is 23.1. The van der Waals surface area contributed by atoms with E-state index in [-0.39, 0.29) is 18.0 Å². The normalized spacial score (nSPS) is 10.7. The highest BCUT2D eigenvalue weighted by Gasteiger charge is 2.20. The van der Waals surface area contributed by atoms with Gasteiger partial charge in [-0.25, -0.2) is 4.68 Å². The number of hydrogen-bond acceptors (Lipinski definition) is 5. The molecule has 0 saturated carbocycles. The highest BCUT2D eigenvalue weighted by molar-refractivity contribution is 6.07. The van der Waals surface area contributed by atoms with E-state index in [2.05, 4.69) is 15.4 Å². The molecular weight excluding hydrogens is 246 g/mol. The van der Waals surface area contributed by atoms with Gasteiger partial charge in [0.05, 0.1) is 19.2 Å². The third-order valence-corrected chi connectivity index (χ3v) is 2.92. The molecule has 7 heteroatoms. The molecule has 2 aromatic rings. The largest absolute Gasteiger partial charge is 0.300 e. The lowest BCUT2D eigenvalue weighted by molar-refractivity contribution is -0.116. The summed E-state index contributed by atoms with van der Waals surface area (Å²) in [6.45, 7) is 3.69. The van der Waals surface area contributed by atoms with Gasteiger partial charge in [0.25, 0.3) is 0 Å². The van der Waals surface area contributed by atoms with Crippen molar-refractivity contribution in [1.82, 2.24) is 24.8 Å². The minimum atomic E-state index is -0.258. The molecule has 0 N–H and O–H groups in total. The Hall–Kier alpha value is -2.31. The van der Waals surface area contributed by atoms with Crippen LogP contribution in [0.15, 0.2) is 12.4 Å². The maximum absolute atomic E-state index is 12.0. The van der Waals surface area contributed by atoms with E-state index in [9.17, 15) is 9.59 Å². The summed E-state index contributed by atoms with van der Waals surface area (Å²) in [6.07, 6.45) is 3.16. The molecule has 0 saturated heterocycles. The number of carbonyl (C=O) groups excluding carboxylic acids is 2. The number of ketones is 2. The van der Waals surface area contributed by atoms with E-state index in [0.29, 0.717) is 12.2 Å². The molecule has 100 valence electrons. The maximum Gasteiger partial charge on any atom is 0.190 e. The molecule has 0 amide bonds. The van der Waals surface area contributed by atoms with Gasteiger partial charge in [-0.2, -0.15) is 5.10 Å². The minimum absolute atomic E-state index is 0.124. The number of aromatic nitrogens is 5. The summed E-state index contributed by atoms with van der Waals surface area (Å²) in [5, 5.41) is 11.8. The molecule has 0 bridgehead atoms. The highest BCUT2D eigenvalue weighted by atomic mass is 16.1. The van der Waals surface area contributed by atoms with Crippen molar-refractivity contribution in [2.24, 2.45) is 7.05 Å². The Labute approximate surface area is 110 Å². The monoisotopic (exact) mass is 261 g/mol. The smallest absolute Gasteiger partial charge is 0.190 e. The van der Waals surface area contributed by atoms with Crippen LogP contribution in [0.25, 0.3) is 0 Å². The van der Waals surface area contributed by atoms with Crippen LogP contribution in [0.5, 0.6) is 0 Å². The van der Waals surface area contributed by atoms with Gasteiger partial charge in [-0.05, 0) is 13.8 Å². The fourth-order valence-electron chi connectivity index (χ4n) is 1.85. The lowest BCUT2D eigenvalue weighted by Crippen LogP contribution is -2.11. The van der Waals surface area contributed by atoms with E-state index in [4.69, 9.17) is 0 Å². The van der Waals surface area contributed by atoms with E-state index in [1.165, 1.54) is 6.92 Å². The van der Waals surface area contributed by atoms with Crippen LogP contribution in [0, 0.1) is 6.92 Å². The van der Waals surface area contributed by atoms with Crippen LogP contribution in [0.4, 0.5) is 0 Å². The van der Waals surface area contributed by atoms with Crippen LogP contribution in [-0.2, 0) is 18.4 Å². The second-order valence-electron chi connectivity index (χ2n) is 4.44. The van der Waals surface area contributed by atoms with Crippen LogP contribution in [-0.4, -0.2) is 36.3 Å². The lowest BCUT2D eigenvalue weighted by Gasteiger charge is -2.02. The predicted octanol–water partition coefficient (Wildman–Crippen LogP) is 0.530. The van der Waals surface area contributed by atoms with Gasteiger partial charge in [0.1, 0.15) is 11.5 Å². The van der Waals surface area contributed by atoms with Gasteiger partial charge in [0, 0.05) is 24.5 Å². The SMILES string of the molecule is CC(=O)CC(=O)c1nn(C)c(C)c1Cn1ccnn1. The van der Waals surface area contributed by atoms with Crippen LogP contribution < -0.4 is 0 Å². The van der Waals surface area contributed by atoms with Crippen LogP contribution in [0.2, 0.25) is 0 Å². The molecule has 7 nitrogen and oxygen atoms in total. The van der Waals surface area contributed by atoms with Gasteiger partial charge in [-0.3, -0.25) is 14.3 Å². The summed E-state index contributed by atoms with van der Waals surface area (Å²) in [5.74, 6) is -0.425. The molecule has 0 fully saturated rings. The van der Waals surface area contributed by atoms with Crippen molar-refractivity contribution >= 4 is 11.6 Å². The number of aryl methyl sites for hydroxylation is 1. The van der Waals surface area contributed by atoms with Crippen LogP contribution >= 0.6 is 0 Å². The molecule has 0 atom stereocenters. The topological polar surface area (TPSA) is 82.7 Å². The van der Waals surface area contributed by atoms with E-state index < -0.39 is 0 Å². The molecule has 0 aromatic carbocycles. The summed E-state index contributed by atoms with van der Waals surface area (Å²) in [6, 6.07) is 0. The Morgan fingerprint density at radius 2 is 2.11 bits per heavy atom. The van der Waals surface area contributed by atoms with Gasteiger partial charge < -0.3 is 0 Å². The minimum Gasteiger partial charge on any atom is -0.300 e. The summed E-state index contributed by atoms with van der Waals surface area (Å²) in [5.41, 5.74) is 1.99. The molecule has 2 rings (SSSR count). The number of hydrogen-bond donors (Lipinski definition) is 0. The Bertz CT molecular complexity index is 612. The molecule has 0 unspecified atom stereocenters. The van der Waals surface area contributed by atoms with Crippen LogP contribution in [0.3, 0.4) is 0 Å². The standard InChI is InChI=1S/C12H15N5O2/c1-8(18)6-11(19)12-10(9(2)16(3)14-12)7-17-5-4-13-15-17/h4-5H,6-7H2,1-3H3. The molecule has 0 spiro atoms. The third-order valence-electron chi connectivity index (χ3n) is 2.92. The van der Waals surface area contributed by atoms with Crippen molar-refractivity contribution < 1.29 is 9.59 Å². The highest BCUT2D eigenvalue weighted by Crippen LogP contribution is 2.16. The first kappa shape index (κ1) is 13.1. The van der Waals surface area contributed by atoms with Gasteiger partial charge in [-0.1, -0.05) is 5.21 Å². The zero-order valence-electron chi connectivity index (χ0n) is 11.1. The quantitative estimate of drug-likeness (QED) is 0.579. The van der Waals surface area contributed by atoms with Gasteiger partial charge in [0.15, 0.2) is 5.78 Å². The second kappa shape index (κ2) is 5.13. The van der Waals surface area contributed by atoms with Crippen molar-refractivity contribution in [3.8, 4) is 0 Å². The van der Waals surface area contributed by atoms with E-state index in [1.54, 1.807) is 28.8 Å². The Morgan fingerprint density at radius 3 is 2.68 bits per heavy atom. The Kier molecular flexibility index (Phi) is 3.55. The molecule has 0 radical (unpaired) electrons. The average molecular weight is 261 g/mol. The molecule has 0 aliphatic heterocycles. The first-order valence-electron chi connectivity index (χ1n) is 5.88. The van der Waals surface area contributed by atoms with Crippen molar-refractivity contribution in [3.63, 3.8) is 0 Å². The first-order valence-corrected chi connectivity index (χ1v) is 5.88. The zero-order chi connectivity index (χ0) is 14.0. The second-order valence-corrected chi connectivity index (χ2v) is 4.44. The van der Waals surface area contributed by atoms with E-state index in [0.717, 1.165) is 11.3 Å². The predicted molar refractivity (Wildman–Crippen MR) is 66.7 cm³/mol. The molecule has 2 aromatic heterocycles. The van der Waals surface area contributed by atoms with Gasteiger partial charge >= 0.3 is 0 Å². The number of Topliss-reactive ketones (excluding diaryl/α,β-unsaturated/α-hetero) is 2. The van der Waals surface area contributed by atoms with E-state index >= 15 is 0 Å². The zero-order valence-corrected chi connectivity index (χ0v) is 11.1. The Balaban J connectivity index is 2.35. The molecule has 0 aliphatic carbocycles. The molecule has 0 aliphatic rings. The maximum atomic E-state index is 12.0. The van der Waals surface area contributed by atoms with Gasteiger partial charge in [0.2, 0.25) is 0 Å². The molecule has 2 heterocycles. The average Bonchev–Trinajstić information content (AvgIpc) is 2.92. The fraction of sp³-hybridized carbons (Fsp3) is 0.417. The van der Waals surface area contributed by atoms with Crippen molar-refractivity contribution in [2.45, 2.75) is 26.8 Å². The number of rotatable bonds is 5. The van der Waals surface area contributed by atoms with Crippen molar-refractivity contribution in [3.05, 3.63) is 29.3 Å². The summed E-state index contributed by atoms with van der Waals surface area (Å²) >= 11 is 0. The van der Waals surface area contributed by atoms with Crippen molar-refractivity contribution in [1.29, 1.82) is 0 Å². The van der Waals surface area contributed by atoms with Crippen molar-refractivity contribution in [2.75, 3.05) is 0 Å². The van der Waals surface area contributed by atoms with Gasteiger partial charge in [-0.15, -0.1) is 5.10 Å². The Morgan fingerprint density at radius 1 is 1.37 bits per heavy atom. The summed E-state index contributed by atoms with van der Waals surface area (Å²) in [7, 11) is 1.77. The summed E-state index contributed by atoms with van der Waals surface area (Å²) < 4.78 is 3.26. The lowest BCUT2D eigenvalue weighted by atomic mass is 10.1. The van der Waals surface area contributed by atoms with Crippen LogP contribution in [0.1, 0.15) is 35.1 Å². The fourth-order valence-corrected chi connectivity index (χ4v) is 1.85. The van der Waals surface area contributed by atoms with E-state index in [1.807, 2.05) is 6.92 Å². The first-order chi connectivity index (χ1) is 8.99. The third kappa shape index (κ3) is 2.75. The molecular formula is C12H15N5O2. The number of nitrogens with zero attached hydrogens (tertiary/aromatic N) is 5. The molecule has 19 heavy (non-hydrogen) atoms.